The number of hydrogen-bond donors (Lipinski definition) is 3. The maximum absolute atomic E-state index is 15.2. The van der Waals surface area contributed by atoms with E-state index in [9.17, 15) is 4.79 Å². The van der Waals surface area contributed by atoms with Crippen LogP contribution in [0.2, 0.25) is 0 Å². The van der Waals surface area contributed by atoms with Crippen molar-refractivity contribution in [2.75, 3.05) is 42.7 Å². The molecule has 4 heterocycles. The van der Waals surface area contributed by atoms with Gasteiger partial charge in [0, 0.05) is 41.9 Å². The Hall–Kier alpha value is -3.66. The fourth-order valence-electron chi connectivity index (χ4n) is 3.95. The molecular weight excluding hydrogens is 417 g/mol. The van der Waals surface area contributed by atoms with E-state index in [0.29, 0.717) is 60.6 Å². The summed E-state index contributed by atoms with van der Waals surface area (Å²) in [6, 6.07) is 3.30. The third-order valence-corrected chi connectivity index (χ3v) is 5.63. The Kier molecular flexibility index (Phi) is 5.14. The number of ether oxygens (including phenoxy) is 3. The van der Waals surface area contributed by atoms with Gasteiger partial charge in [-0.3, -0.25) is 5.32 Å². The zero-order valence-corrected chi connectivity index (χ0v) is 17.4. The average molecular weight is 439 g/mol. The van der Waals surface area contributed by atoms with Crippen molar-refractivity contribution in [1.82, 2.24) is 9.97 Å². The summed E-state index contributed by atoms with van der Waals surface area (Å²) >= 11 is 0. The molecule has 2 aromatic heterocycles. The Balaban J connectivity index is 1.50. The molecule has 1 atom stereocenters. The summed E-state index contributed by atoms with van der Waals surface area (Å²) in [5, 5.41) is 6.92. The summed E-state index contributed by atoms with van der Waals surface area (Å²) in [7, 11) is 0. The van der Waals surface area contributed by atoms with Crippen LogP contribution >= 0.6 is 0 Å². The first kappa shape index (κ1) is 20.3. The molecule has 0 radical (unpaired) electrons. The molecule has 1 aromatic carbocycles. The number of carbonyl (C=O) groups is 1. The first-order valence-corrected chi connectivity index (χ1v) is 10.3. The minimum atomic E-state index is -0.622. The second-order valence-corrected chi connectivity index (χ2v) is 7.71. The minimum Gasteiger partial charge on any atom is -0.474 e. The zero-order chi connectivity index (χ0) is 22.2. The van der Waals surface area contributed by atoms with Gasteiger partial charge in [0.25, 0.3) is 0 Å². The van der Waals surface area contributed by atoms with Crippen LogP contribution in [0.5, 0.6) is 5.88 Å². The third-order valence-electron chi connectivity index (χ3n) is 5.63. The third kappa shape index (κ3) is 3.62. The fourth-order valence-corrected chi connectivity index (χ4v) is 3.95. The number of benzene rings is 1. The quantitative estimate of drug-likeness (QED) is 0.531. The van der Waals surface area contributed by atoms with E-state index in [-0.39, 0.29) is 17.6 Å². The van der Waals surface area contributed by atoms with Crippen molar-refractivity contribution < 1.29 is 23.4 Å². The van der Waals surface area contributed by atoms with E-state index in [1.54, 1.807) is 18.3 Å². The van der Waals surface area contributed by atoms with Crippen LogP contribution in [-0.2, 0) is 9.47 Å². The second kappa shape index (κ2) is 8.12. The first-order chi connectivity index (χ1) is 15.5. The summed E-state index contributed by atoms with van der Waals surface area (Å²) in [6.45, 7) is 3.99. The second-order valence-electron chi connectivity index (χ2n) is 7.71. The minimum absolute atomic E-state index is 0.0245. The molecule has 0 saturated carbocycles. The number of aromatic nitrogens is 2. The molecule has 0 spiro atoms. The zero-order valence-electron chi connectivity index (χ0n) is 17.4. The Morgan fingerprint density at radius 3 is 2.97 bits per heavy atom. The molecule has 166 valence electrons. The number of hydrogen-bond acceptors (Lipinski definition) is 8. The number of nitrogens with one attached hydrogen (secondary N) is 2. The Morgan fingerprint density at radius 2 is 2.16 bits per heavy atom. The summed E-state index contributed by atoms with van der Waals surface area (Å²) in [5.74, 6) is 0.212. The maximum Gasteiger partial charge on any atom is 0.413 e. The van der Waals surface area contributed by atoms with Crippen molar-refractivity contribution in [2.45, 2.75) is 19.4 Å². The van der Waals surface area contributed by atoms with E-state index in [2.05, 4.69) is 20.6 Å². The van der Waals surface area contributed by atoms with Gasteiger partial charge >= 0.3 is 6.09 Å². The molecule has 3 aromatic rings. The number of nitrogens with zero attached hydrogens (tertiary/aromatic N) is 2. The van der Waals surface area contributed by atoms with E-state index in [0.717, 1.165) is 11.3 Å². The Morgan fingerprint density at radius 1 is 1.28 bits per heavy atom. The molecule has 5 rings (SSSR count). The topological polar surface area (TPSA) is 121 Å². The largest absolute Gasteiger partial charge is 0.474 e. The summed E-state index contributed by atoms with van der Waals surface area (Å²) in [5.41, 5.74) is 8.53. The van der Waals surface area contributed by atoms with E-state index in [1.807, 2.05) is 6.92 Å². The van der Waals surface area contributed by atoms with Crippen LogP contribution < -0.4 is 21.1 Å². The predicted molar refractivity (Wildman–Crippen MR) is 117 cm³/mol. The van der Waals surface area contributed by atoms with Gasteiger partial charge in [-0.15, -0.1) is 0 Å². The highest BCUT2D eigenvalue weighted by molar-refractivity contribution is 5.99. The van der Waals surface area contributed by atoms with Gasteiger partial charge < -0.3 is 25.3 Å². The van der Waals surface area contributed by atoms with Crippen molar-refractivity contribution in [3.05, 3.63) is 35.9 Å². The smallest absolute Gasteiger partial charge is 0.413 e. The van der Waals surface area contributed by atoms with Crippen molar-refractivity contribution in [1.29, 1.82) is 0 Å². The van der Waals surface area contributed by atoms with E-state index < -0.39 is 11.9 Å². The van der Waals surface area contributed by atoms with Gasteiger partial charge in [0.15, 0.2) is 5.82 Å². The van der Waals surface area contributed by atoms with Crippen LogP contribution in [0.1, 0.15) is 12.0 Å². The molecule has 0 unspecified atom stereocenters. The van der Waals surface area contributed by atoms with E-state index in [4.69, 9.17) is 19.9 Å². The molecule has 9 nitrogen and oxygen atoms in total. The molecule has 10 heteroatoms. The number of fused-ring (bicyclic) bond motifs is 2. The van der Waals surface area contributed by atoms with Crippen LogP contribution in [0.15, 0.2) is 24.5 Å². The lowest BCUT2D eigenvalue weighted by molar-refractivity contribution is 0.0931. The van der Waals surface area contributed by atoms with Crippen LogP contribution in [0.3, 0.4) is 0 Å². The summed E-state index contributed by atoms with van der Waals surface area (Å²) in [6.07, 6.45) is 2.77. The SMILES string of the molecule is Cc1c(-c2cc3cc(NC(=O)O[C@@H]4CCOC4)ncc3c(N)c2F)cnc2c1NCCO2. The number of rotatable bonds is 3. The number of nitrogens with two attached hydrogens (primary N) is 1. The molecule has 2 aliphatic rings. The molecule has 1 saturated heterocycles. The number of halogens is 1. The van der Waals surface area contributed by atoms with Crippen molar-refractivity contribution >= 4 is 34.1 Å². The monoisotopic (exact) mass is 439 g/mol. The van der Waals surface area contributed by atoms with Crippen molar-refractivity contribution in [3.63, 3.8) is 0 Å². The Labute approximate surface area is 183 Å². The highest BCUT2D eigenvalue weighted by Gasteiger charge is 2.22. The molecule has 1 amide bonds. The first-order valence-electron chi connectivity index (χ1n) is 10.3. The number of nitrogen functional groups attached to an aromatic ring is 1. The lowest BCUT2D eigenvalue weighted by atomic mass is 9.97. The molecule has 1 fully saturated rings. The average Bonchev–Trinajstić information content (AvgIpc) is 3.30. The van der Waals surface area contributed by atoms with Gasteiger partial charge in [-0.2, -0.15) is 0 Å². The van der Waals surface area contributed by atoms with Gasteiger partial charge in [-0.25, -0.2) is 19.2 Å². The van der Waals surface area contributed by atoms with Crippen LogP contribution in [0.4, 0.5) is 26.4 Å². The van der Waals surface area contributed by atoms with Gasteiger partial charge in [-0.05, 0) is 30.0 Å². The van der Waals surface area contributed by atoms with Crippen LogP contribution in [-0.4, -0.2) is 48.5 Å². The van der Waals surface area contributed by atoms with E-state index >= 15 is 4.39 Å². The van der Waals surface area contributed by atoms with E-state index in [1.165, 1.54) is 6.20 Å². The predicted octanol–water partition coefficient (Wildman–Crippen LogP) is 3.47. The summed E-state index contributed by atoms with van der Waals surface area (Å²) < 4.78 is 31.3. The highest BCUT2D eigenvalue weighted by atomic mass is 19.1. The number of pyridine rings is 2. The van der Waals surface area contributed by atoms with Crippen LogP contribution in [0.25, 0.3) is 21.9 Å². The molecule has 4 N–H and O–H groups in total. The lowest BCUT2D eigenvalue weighted by Gasteiger charge is -2.22. The van der Waals surface area contributed by atoms with Gasteiger partial charge in [0.1, 0.15) is 24.2 Å². The molecule has 0 aliphatic carbocycles. The molecule has 32 heavy (non-hydrogen) atoms. The molecule has 2 aliphatic heterocycles. The number of carbonyl (C=O) groups excluding carboxylic acids is 1. The normalized spacial score (nSPS) is 17.4. The summed E-state index contributed by atoms with van der Waals surface area (Å²) in [4.78, 5) is 20.7. The number of amides is 1. The number of anilines is 3. The fraction of sp³-hybridized carbons (Fsp3) is 0.318. The highest BCUT2D eigenvalue weighted by Crippen LogP contribution is 2.39. The Bertz CT molecular complexity index is 1210. The lowest BCUT2D eigenvalue weighted by Crippen LogP contribution is -2.22. The molecule has 0 bridgehead atoms. The molecular formula is C22H22FN5O4. The van der Waals surface area contributed by atoms with Crippen LogP contribution in [0, 0.1) is 12.7 Å². The van der Waals surface area contributed by atoms with Gasteiger partial charge in [-0.1, -0.05) is 0 Å². The van der Waals surface area contributed by atoms with Crippen molar-refractivity contribution in [2.24, 2.45) is 0 Å². The maximum atomic E-state index is 15.2. The van der Waals surface area contributed by atoms with Gasteiger partial charge in [0.05, 0.1) is 18.9 Å². The standard InChI is InChI=1S/C22H22FN5O4/c1-11-15(8-27-21-20(11)25-3-5-31-21)14-6-12-7-17(26-9-16(12)19(24)18(14)23)28-22(29)32-13-2-4-30-10-13/h6-9,13,25H,2-5,10,24H2,1H3,(H,26,28,29)/t13-/m1/s1. The van der Waals surface area contributed by atoms with Crippen molar-refractivity contribution in [3.8, 4) is 17.0 Å². The van der Waals surface area contributed by atoms with Gasteiger partial charge in [0.2, 0.25) is 5.88 Å².